The predicted octanol–water partition coefficient (Wildman–Crippen LogP) is -0.209. The molecule has 0 saturated carbocycles. The highest BCUT2D eigenvalue weighted by molar-refractivity contribution is 5.80. The quantitative estimate of drug-likeness (QED) is 0.367. The first kappa shape index (κ1) is 15.8. The molecule has 0 aromatic heterocycles. The van der Waals surface area contributed by atoms with Crippen LogP contribution >= 0.6 is 0 Å². The molecule has 0 aliphatic carbocycles. The minimum Gasteiger partial charge on any atom is -0.391 e. The van der Waals surface area contributed by atoms with Gasteiger partial charge in [-0.05, 0) is 13.3 Å². The molecule has 19 heavy (non-hydrogen) atoms. The van der Waals surface area contributed by atoms with Crippen LogP contribution in [0.4, 0.5) is 0 Å². The maximum atomic E-state index is 11.4. The Morgan fingerprint density at radius 2 is 2.21 bits per heavy atom. The van der Waals surface area contributed by atoms with Crippen molar-refractivity contribution in [2.75, 3.05) is 32.7 Å². The molecule has 1 rings (SSSR count). The molecule has 1 fully saturated rings. The molecule has 6 heteroatoms. The second-order valence-electron chi connectivity index (χ2n) is 5.07. The fraction of sp³-hybridized carbons (Fsp3) is 0.846. The van der Waals surface area contributed by atoms with Gasteiger partial charge in [-0.3, -0.25) is 9.79 Å². The number of guanidine groups is 1. The summed E-state index contributed by atoms with van der Waals surface area (Å²) in [6, 6.07) is 0. The molecule has 1 aliphatic rings. The number of nitrogens with one attached hydrogen (secondary N) is 2. The zero-order valence-electron chi connectivity index (χ0n) is 12.1. The maximum Gasteiger partial charge on any atom is 0.222 e. The van der Waals surface area contributed by atoms with E-state index in [0.29, 0.717) is 19.6 Å². The van der Waals surface area contributed by atoms with Gasteiger partial charge in [0.1, 0.15) is 0 Å². The normalized spacial score (nSPS) is 19.9. The lowest BCUT2D eigenvalue weighted by molar-refractivity contribution is -0.123. The van der Waals surface area contributed by atoms with Gasteiger partial charge in [0.05, 0.1) is 12.6 Å². The minimum absolute atomic E-state index is 0.00551. The largest absolute Gasteiger partial charge is 0.391 e. The Morgan fingerprint density at radius 3 is 2.74 bits per heavy atom. The number of β-amino-alcohol motifs (C(OH)–C–C–N with tert-alkyl or cyclic N) is 1. The summed E-state index contributed by atoms with van der Waals surface area (Å²) in [4.78, 5) is 17.9. The number of carbonyl (C=O) groups is 1. The lowest BCUT2D eigenvalue weighted by atomic mass is 10.2. The van der Waals surface area contributed by atoms with Gasteiger partial charge in [0.25, 0.3) is 0 Å². The Labute approximate surface area is 115 Å². The van der Waals surface area contributed by atoms with Crippen molar-refractivity contribution in [3.05, 3.63) is 0 Å². The first-order valence-corrected chi connectivity index (χ1v) is 7.03. The predicted molar refractivity (Wildman–Crippen MR) is 76.0 cm³/mol. The Hall–Kier alpha value is -1.30. The zero-order chi connectivity index (χ0) is 14.3. The zero-order valence-corrected chi connectivity index (χ0v) is 12.1. The number of rotatable bonds is 5. The smallest absolute Gasteiger partial charge is 0.222 e. The summed E-state index contributed by atoms with van der Waals surface area (Å²) >= 11 is 0. The van der Waals surface area contributed by atoms with Crippen molar-refractivity contribution in [1.29, 1.82) is 0 Å². The molecular formula is C13H26N4O2. The molecule has 1 atom stereocenters. The summed E-state index contributed by atoms with van der Waals surface area (Å²) in [5.74, 6) is 0.876. The van der Waals surface area contributed by atoms with Crippen molar-refractivity contribution >= 4 is 11.9 Å². The molecule has 1 saturated heterocycles. The molecule has 0 bridgehead atoms. The van der Waals surface area contributed by atoms with E-state index in [-0.39, 0.29) is 17.9 Å². The Balaban J connectivity index is 2.39. The number of hydrogen-bond donors (Lipinski definition) is 3. The van der Waals surface area contributed by atoms with Crippen LogP contribution in [0, 0.1) is 5.92 Å². The Kier molecular flexibility index (Phi) is 6.62. The van der Waals surface area contributed by atoms with Crippen molar-refractivity contribution in [3.63, 3.8) is 0 Å². The van der Waals surface area contributed by atoms with E-state index in [1.165, 1.54) is 0 Å². The minimum atomic E-state index is -0.260. The number of hydrogen-bond acceptors (Lipinski definition) is 3. The molecule has 0 spiro atoms. The molecule has 0 aromatic carbocycles. The van der Waals surface area contributed by atoms with E-state index in [9.17, 15) is 9.90 Å². The van der Waals surface area contributed by atoms with Crippen molar-refractivity contribution in [2.45, 2.75) is 33.3 Å². The summed E-state index contributed by atoms with van der Waals surface area (Å²) in [6.07, 6.45) is 0.526. The van der Waals surface area contributed by atoms with Crippen molar-refractivity contribution in [1.82, 2.24) is 15.5 Å². The third-order valence-electron chi connectivity index (χ3n) is 2.99. The number of nitrogens with zero attached hydrogens (tertiary/aromatic N) is 2. The number of aliphatic hydroxyl groups is 1. The van der Waals surface area contributed by atoms with E-state index >= 15 is 0 Å². The topological polar surface area (TPSA) is 77.0 Å². The number of aliphatic hydroxyl groups excluding tert-OH is 1. The second kappa shape index (κ2) is 7.99. The highest BCUT2D eigenvalue weighted by Gasteiger charge is 2.22. The van der Waals surface area contributed by atoms with Gasteiger partial charge in [-0.15, -0.1) is 0 Å². The number of aliphatic imine (C=N–C) groups is 1. The summed E-state index contributed by atoms with van der Waals surface area (Å²) in [6.45, 7) is 9.10. The molecule has 0 radical (unpaired) electrons. The van der Waals surface area contributed by atoms with E-state index in [0.717, 1.165) is 25.5 Å². The first-order chi connectivity index (χ1) is 9.04. The van der Waals surface area contributed by atoms with Crippen molar-refractivity contribution in [2.24, 2.45) is 10.9 Å². The number of amides is 1. The van der Waals surface area contributed by atoms with E-state index < -0.39 is 0 Å². The van der Waals surface area contributed by atoms with Crippen LogP contribution in [0.25, 0.3) is 0 Å². The highest BCUT2D eigenvalue weighted by atomic mass is 16.3. The third-order valence-corrected chi connectivity index (χ3v) is 2.99. The third kappa shape index (κ3) is 5.46. The van der Waals surface area contributed by atoms with Crippen molar-refractivity contribution < 1.29 is 9.90 Å². The molecule has 1 aliphatic heterocycles. The molecule has 1 heterocycles. The summed E-state index contributed by atoms with van der Waals surface area (Å²) in [7, 11) is 0. The summed E-state index contributed by atoms with van der Waals surface area (Å²) in [5, 5.41) is 15.6. The van der Waals surface area contributed by atoms with Crippen LogP contribution in [0.2, 0.25) is 0 Å². The summed E-state index contributed by atoms with van der Waals surface area (Å²) < 4.78 is 0. The Bertz CT molecular complexity index is 318. The van der Waals surface area contributed by atoms with Crippen LogP contribution in [0.5, 0.6) is 0 Å². The van der Waals surface area contributed by atoms with Gasteiger partial charge in [-0.25, -0.2) is 0 Å². The average Bonchev–Trinajstić information content (AvgIpc) is 2.79. The number of likely N-dealkylation sites (tertiary alicyclic amines) is 1. The molecule has 0 unspecified atom stereocenters. The molecule has 0 aromatic rings. The molecule has 6 nitrogen and oxygen atoms in total. The van der Waals surface area contributed by atoms with Gasteiger partial charge in [-0.2, -0.15) is 0 Å². The van der Waals surface area contributed by atoms with Gasteiger partial charge in [0.15, 0.2) is 5.96 Å². The fourth-order valence-electron chi connectivity index (χ4n) is 1.91. The monoisotopic (exact) mass is 270 g/mol. The SMILES string of the molecule is CCNC(=NCCNC(=O)C(C)C)N1CC[C@@H](O)C1. The standard InChI is InChI=1S/C13H26N4O2/c1-4-14-13(17-8-5-11(18)9-17)16-7-6-15-12(19)10(2)3/h10-11,18H,4-9H2,1-3H3,(H,14,16)(H,15,19)/t11-/m1/s1. The first-order valence-electron chi connectivity index (χ1n) is 7.03. The molecular weight excluding hydrogens is 244 g/mol. The van der Waals surface area contributed by atoms with Gasteiger partial charge in [-0.1, -0.05) is 13.8 Å². The molecule has 110 valence electrons. The van der Waals surface area contributed by atoms with Crippen LogP contribution in [0.15, 0.2) is 4.99 Å². The number of carbonyl (C=O) groups excluding carboxylic acids is 1. The van der Waals surface area contributed by atoms with E-state index in [4.69, 9.17) is 0 Å². The second-order valence-corrected chi connectivity index (χ2v) is 5.07. The van der Waals surface area contributed by atoms with Crippen LogP contribution in [-0.4, -0.2) is 60.7 Å². The Morgan fingerprint density at radius 1 is 1.47 bits per heavy atom. The van der Waals surface area contributed by atoms with Crippen molar-refractivity contribution in [3.8, 4) is 0 Å². The maximum absolute atomic E-state index is 11.4. The van der Waals surface area contributed by atoms with Gasteiger partial charge < -0.3 is 20.6 Å². The van der Waals surface area contributed by atoms with E-state index in [2.05, 4.69) is 20.5 Å². The van der Waals surface area contributed by atoms with Gasteiger partial charge in [0, 0.05) is 32.1 Å². The van der Waals surface area contributed by atoms with Crippen LogP contribution in [-0.2, 0) is 4.79 Å². The molecule has 3 N–H and O–H groups in total. The van der Waals surface area contributed by atoms with Gasteiger partial charge >= 0.3 is 0 Å². The highest BCUT2D eigenvalue weighted by Crippen LogP contribution is 2.08. The van der Waals surface area contributed by atoms with Gasteiger partial charge in [0.2, 0.25) is 5.91 Å². The van der Waals surface area contributed by atoms with E-state index in [1.54, 1.807) is 0 Å². The lowest BCUT2D eigenvalue weighted by Crippen LogP contribution is -2.41. The summed E-state index contributed by atoms with van der Waals surface area (Å²) in [5.41, 5.74) is 0. The van der Waals surface area contributed by atoms with E-state index in [1.807, 2.05) is 20.8 Å². The fourth-order valence-corrected chi connectivity index (χ4v) is 1.91. The van der Waals surface area contributed by atoms with Crippen LogP contribution < -0.4 is 10.6 Å². The lowest BCUT2D eigenvalue weighted by Gasteiger charge is -2.21. The van der Waals surface area contributed by atoms with Crippen LogP contribution in [0.1, 0.15) is 27.2 Å². The average molecular weight is 270 g/mol. The van der Waals surface area contributed by atoms with Crippen LogP contribution in [0.3, 0.4) is 0 Å². The molecule has 1 amide bonds.